The van der Waals surface area contributed by atoms with E-state index < -0.39 is 0 Å². The molecule has 1 heteroatoms. The van der Waals surface area contributed by atoms with Crippen LogP contribution in [0.2, 0.25) is 0 Å². The average molecular weight is 586 g/mol. The molecule has 0 spiro atoms. The summed E-state index contributed by atoms with van der Waals surface area (Å²) < 4.78 is 0. The van der Waals surface area contributed by atoms with E-state index in [0.29, 0.717) is 0 Å². The van der Waals surface area contributed by atoms with E-state index in [4.69, 9.17) is 0 Å². The van der Waals surface area contributed by atoms with Gasteiger partial charge in [-0.2, -0.15) is 0 Å². The largest absolute Gasteiger partial charge is 0.256 e. The fourth-order valence-electron chi connectivity index (χ4n) is 6.41. The zero-order valence-corrected chi connectivity index (χ0v) is 25.3. The van der Waals surface area contributed by atoms with Gasteiger partial charge in [-0.05, 0) is 115 Å². The Balaban J connectivity index is 1.38. The highest BCUT2D eigenvalue weighted by atomic mass is 14.7. The monoisotopic (exact) mass is 585 g/mol. The molecule has 8 rings (SSSR count). The number of rotatable bonds is 6. The third-order valence-electron chi connectivity index (χ3n) is 8.70. The highest BCUT2D eigenvalue weighted by molar-refractivity contribution is 6.09. The Hall–Kier alpha value is -6.05. The van der Waals surface area contributed by atoms with Gasteiger partial charge in [0.15, 0.2) is 0 Å². The molecule has 0 atom stereocenters. The smallest absolute Gasteiger partial charge is 0.0702 e. The van der Waals surface area contributed by atoms with Crippen LogP contribution < -0.4 is 0 Å². The van der Waals surface area contributed by atoms with Crippen molar-refractivity contribution < 1.29 is 0 Å². The van der Waals surface area contributed by atoms with Gasteiger partial charge in [-0.3, -0.25) is 4.98 Å². The topological polar surface area (TPSA) is 12.9 Å². The molecule has 0 amide bonds. The molecule has 8 aromatic rings. The second kappa shape index (κ2) is 12.1. The van der Waals surface area contributed by atoms with Crippen molar-refractivity contribution in [1.29, 1.82) is 0 Å². The second-order valence-electron chi connectivity index (χ2n) is 11.6. The quantitative estimate of drug-likeness (QED) is 0.189. The van der Waals surface area contributed by atoms with Gasteiger partial charge >= 0.3 is 0 Å². The lowest BCUT2D eigenvalue weighted by Gasteiger charge is -2.17. The lowest BCUT2D eigenvalue weighted by molar-refractivity contribution is 1.33. The fourth-order valence-corrected chi connectivity index (χ4v) is 6.41. The van der Waals surface area contributed by atoms with Gasteiger partial charge in [-0.1, -0.05) is 133 Å². The maximum atomic E-state index is 4.59. The summed E-state index contributed by atoms with van der Waals surface area (Å²) in [4.78, 5) is 4.59. The van der Waals surface area contributed by atoms with Crippen LogP contribution in [0.15, 0.2) is 188 Å². The Morgan fingerprint density at radius 2 is 0.696 bits per heavy atom. The minimum Gasteiger partial charge on any atom is -0.256 e. The Morgan fingerprint density at radius 1 is 0.261 bits per heavy atom. The SMILES string of the molecule is c1ccc(-c2cc(-c3cccc(-c4cccc(-c5ccccn5)c4)c3)c3cc(-c4ccccc4)cc(-c4ccccc4)c3c2)cc1. The maximum Gasteiger partial charge on any atom is 0.0702 e. The fraction of sp³-hybridized carbons (Fsp3) is 0. The number of hydrogen-bond acceptors (Lipinski definition) is 1. The molecule has 0 N–H and O–H groups in total. The molecular formula is C45H31N. The predicted molar refractivity (Wildman–Crippen MR) is 194 cm³/mol. The molecule has 0 saturated carbocycles. The first-order valence-electron chi connectivity index (χ1n) is 15.7. The molecule has 46 heavy (non-hydrogen) atoms. The van der Waals surface area contributed by atoms with E-state index in [9.17, 15) is 0 Å². The first-order valence-corrected chi connectivity index (χ1v) is 15.7. The molecule has 216 valence electrons. The molecule has 0 unspecified atom stereocenters. The van der Waals surface area contributed by atoms with Crippen molar-refractivity contribution in [3.63, 3.8) is 0 Å². The molecule has 1 nitrogen and oxygen atoms in total. The summed E-state index contributed by atoms with van der Waals surface area (Å²) in [6.45, 7) is 0. The zero-order chi connectivity index (χ0) is 30.7. The molecule has 0 aliphatic heterocycles. The minimum atomic E-state index is 0.976. The number of aromatic nitrogens is 1. The van der Waals surface area contributed by atoms with Crippen LogP contribution in [-0.2, 0) is 0 Å². The number of benzene rings is 7. The molecule has 0 aliphatic rings. The van der Waals surface area contributed by atoms with Crippen LogP contribution >= 0.6 is 0 Å². The second-order valence-corrected chi connectivity index (χ2v) is 11.6. The Bertz CT molecular complexity index is 2270. The summed E-state index contributed by atoms with van der Waals surface area (Å²) in [5, 5.41) is 2.48. The normalized spacial score (nSPS) is 11.0. The van der Waals surface area contributed by atoms with Crippen molar-refractivity contribution in [3.8, 4) is 66.9 Å². The number of pyridine rings is 1. The van der Waals surface area contributed by atoms with Gasteiger partial charge in [0.1, 0.15) is 0 Å². The minimum absolute atomic E-state index is 0.976. The van der Waals surface area contributed by atoms with Crippen molar-refractivity contribution >= 4 is 10.8 Å². The molecule has 0 fully saturated rings. The third-order valence-corrected chi connectivity index (χ3v) is 8.70. The van der Waals surface area contributed by atoms with Crippen LogP contribution in [0.25, 0.3) is 77.7 Å². The van der Waals surface area contributed by atoms with Gasteiger partial charge in [0.2, 0.25) is 0 Å². The van der Waals surface area contributed by atoms with E-state index in [-0.39, 0.29) is 0 Å². The highest BCUT2D eigenvalue weighted by Crippen LogP contribution is 2.42. The van der Waals surface area contributed by atoms with Gasteiger partial charge in [-0.25, -0.2) is 0 Å². The van der Waals surface area contributed by atoms with Crippen molar-refractivity contribution in [3.05, 3.63) is 188 Å². The van der Waals surface area contributed by atoms with E-state index >= 15 is 0 Å². The van der Waals surface area contributed by atoms with Gasteiger partial charge in [-0.15, -0.1) is 0 Å². The van der Waals surface area contributed by atoms with Crippen LogP contribution in [0.1, 0.15) is 0 Å². The van der Waals surface area contributed by atoms with E-state index in [1.54, 1.807) is 0 Å². The molecule has 0 radical (unpaired) electrons. The molecule has 1 heterocycles. The first kappa shape index (κ1) is 27.5. The number of fused-ring (bicyclic) bond motifs is 1. The van der Waals surface area contributed by atoms with Crippen LogP contribution in [0.4, 0.5) is 0 Å². The van der Waals surface area contributed by atoms with Gasteiger partial charge in [0.05, 0.1) is 5.69 Å². The summed E-state index contributed by atoms with van der Waals surface area (Å²) in [7, 11) is 0. The van der Waals surface area contributed by atoms with Crippen LogP contribution in [0.5, 0.6) is 0 Å². The number of nitrogens with zero attached hydrogens (tertiary/aromatic N) is 1. The van der Waals surface area contributed by atoms with Gasteiger partial charge in [0.25, 0.3) is 0 Å². The van der Waals surface area contributed by atoms with Crippen molar-refractivity contribution in [2.24, 2.45) is 0 Å². The zero-order valence-electron chi connectivity index (χ0n) is 25.3. The Labute approximate surface area is 270 Å². The lowest BCUT2D eigenvalue weighted by Crippen LogP contribution is -1.91. The summed E-state index contributed by atoms with van der Waals surface area (Å²) in [5.41, 5.74) is 14.1. The summed E-state index contributed by atoms with van der Waals surface area (Å²) >= 11 is 0. The highest BCUT2D eigenvalue weighted by Gasteiger charge is 2.15. The van der Waals surface area contributed by atoms with Crippen LogP contribution in [-0.4, -0.2) is 4.98 Å². The molecule has 0 saturated heterocycles. The van der Waals surface area contributed by atoms with Crippen molar-refractivity contribution in [2.75, 3.05) is 0 Å². The maximum absolute atomic E-state index is 4.59. The van der Waals surface area contributed by atoms with E-state index in [1.165, 1.54) is 66.4 Å². The van der Waals surface area contributed by atoms with Crippen LogP contribution in [0.3, 0.4) is 0 Å². The predicted octanol–water partition coefficient (Wildman–Crippen LogP) is 12.2. The van der Waals surface area contributed by atoms with Gasteiger partial charge < -0.3 is 0 Å². The van der Waals surface area contributed by atoms with Gasteiger partial charge in [0, 0.05) is 11.8 Å². The van der Waals surface area contributed by atoms with Crippen molar-refractivity contribution in [1.82, 2.24) is 4.98 Å². The van der Waals surface area contributed by atoms with E-state index in [2.05, 4.69) is 175 Å². The summed E-state index contributed by atoms with van der Waals surface area (Å²) in [6.07, 6.45) is 1.85. The van der Waals surface area contributed by atoms with E-state index in [0.717, 1.165) is 11.3 Å². The van der Waals surface area contributed by atoms with Crippen LogP contribution in [0, 0.1) is 0 Å². The van der Waals surface area contributed by atoms with E-state index in [1.807, 2.05) is 18.3 Å². The molecular weight excluding hydrogens is 555 g/mol. The van der Waals surface area contributed by atoms with Crippen molar-refractivity contribution in [2.45, 2.75) is 0 Å². The third kappa shape index (κ3) is 5.40. The Morgan fingerprint density at radius 3 is 1.24 bits per heavy atom. The standard InChI is InChI=1S/C45H31N/c1-4-14-32(15-5-1)39-28-41(34-18-8-3-9-19-34)43-30-40(33-16-6-2-7-17-33)29-42(44(43)31-39)37-22-12-20-35(26-37)36-21-13-23-38(27-36)45-24-10-11-25-46-45/h1-31H. The molecule has 1 aromatic heterocycles. The average Bonchev–Trinajstić information content (AvgIpc) is 3.15. The molecule has 0 bridgehead atoms. The molecule has 7 aromatic carbocycles. The first-order chi connectivity index (χ1) is 22.8. The summed E-state index contributed by atoms with van der Waals surface area (Å²) in [5.74, 6) is 0. The number of hydrogen-bond donors (Lipinski definition) is 0. The summed E-state index contributed by atoms with van der Waals surface area (Å²) in [6, 6.07) is 65.3. The lowest BCUT2D eigenvalue weighted by atomic mass is 9.86. The molecule has 0 aliphatic carbocycles. The Kier molecular flexibility index (Phi) is 7.26.